The monoisotopic (exact) mass is 284 g/mol. The molecule has 0 N–H and O–H groups in total. The Morgan fingerprint density at radius 2 is 2.18 bits per heavy atom. The molecule has 0 aromatic heterocycles. The van der Waals surface area contributed by atoms with Crippen molar-refractivity contribution in [1.29, 1.82) is 0 Å². The van der Waals surface area contributed by atoms with Crippen molar-refractivity contribution in [2.75, 3.05) is 6.26 Å². The zero-order chi connectivity index (χ0) is 8.48. The molecule has 0 fully saturated rings. The van der Waals surface area contributed by atoms with Gasteiger partial charge in [0.1, 0.15) is 0 Å². The van der Waals surface area contributed by atoms with E-state index >= 15 is 0 Å². The first kappa shape index (κ1) is 8.99. The predicted octanol–water partition coefficient (Wildman–Crippen LogP) is 1.18. The topological polar surface area (TPSA) is 34.1 Å². The van der Waals surface area contributed by atoms with Crippen molar-refractivity contribution in [2.45, 2.75) is 0 Å². The van der Waals surface area contributed by atoms with E-state index in [0.717, 1.165) is 0 Å². The number of allylic oxidation sites excluding steroid dienone is 2. The summed E-state index contributed by atoms with van der Waals surface area (Å²) in [6, 6.07) is 0. The Labute approximate surface area is 72.9 Å². The molecule has 0 aromatic carbocycles. The molecule has 1 aliphatic heterocycles. The van der Waals surface area contributed by atoms with Crippen molar-refractivity contribution in [3.63, 3.8) is 0 Å². The quantitative estimate of drug-likeness (QED) is 0.678. The minimum Gasteiger partial charge on any atom is -0.224 e. The smallest absolute Gasteiger partial charge is 0.175 e. The van der Waals surface area contributed by atoms with Gasteiger partial charge in [-0.15, -0.1) is 18.9 Å². The van der Waals surface area contributed by atoms with Gasteiger partial charge in [-0.05, 0) is 20.2 Å². The Morgan fingerprint density at radius 3 is 2.55 bits per heavy atom. The molecule has 0 bridgehead atoms. The average molecular weight is 284 g/mol. The standard InChI is InChI=1S/C7H9IO2S/c1-8-5-3-7(4-6-8)11(2,9)10/h3-6H,1H2,2H3. The van der Waals surface area contributed by atoms with Crippen molar-refractivity contribution >= 4 is 37.2 Å². The summed E-state index contributed by atoms with van der Waals surface area (Å²) < 4.78 is 29.6. The molecule has 0 unspecified atom stereocenters. The largest absolute Gasteiger partial charge is 0.224 e. The molecule has 0 saturated heterocycles. The summed E-state index contributed by atoms with van der Waals surface area (Å²) in [6.07, 6.45) is 4.53. The van der Waals surface area contributed by atoms with E-state index in [1.54, 1.807) is 12.2 Å². The Kier molecular flexibility index (Phi) is 2.54. The van der Waals surface area contributed by atoms with Crippen molar-refractivity contribution < 1.29 is 8.42 Å². The lowest BCUT2D eigenvalue weighted by atomic mass is 10.5. The minimum absolute atomic E-state index is 0.398. The summed E-state index contributed by atoms with van der Waals surface area (Å²) in [5.41, 5.74) is 0. The number of halogens is 1. The fraction of sp³-hybridized carbons (Fsp3) is 0.143. The molecule has 0 amide bonds. The first-order chi connectivity index (χ1) is 5.00. The lowest BCUT2D eigenvalue weighted by Gasteiger charge is -1.99. The molecular formula is C7H9IO2S. The first-order valence-electron chi connectivity index (χ1n) is 2.89. The molecule has 0 aliphatic carbocycles. The highest BCUT2D eigenvalue weighted by Gasteiger charge is 2.07. The molecule has 62 valence electrons. The van der Waals surface area contributed by atoms with Crippen LogP contribution < -0.4 is 0 Å². The summed E-state index contributed by atoms with van der Waals surface area (Å²) in [5.74, 6) is 0. The van der Waals surface area contributed by atoms with Crippen LogP contribution in [0.2, 0.25) is 0 Å². The van der Waals surface area contributed by atoms with Gasteiger partial charge in [-0.1, -0.05) is 4.51 Å². The molecule has 2 nitrogen and oxygen atoms in total. The highest BCUT2D eigenvalue weighted by molar-refractivity contribution is 14.2. The van der Waals surface area contributed by atoms with E-state index in [1.165, 1.54) is 6.26 Å². The van der Waals surface area contributed by atoms with Gasteiger partial charge >= 0.3 is 0 Å². The predicted molar refractivity (Wildman–Crippen MR) is 59.3 cm³/mol. The van der Waals surface area contributed by atoms with Gasteiger partial charge in [0, 0.05) is 6.26 Å². The van der Waals surface area contributed by atoms with Crippen molar-refractivity contribution in [2.24, 2.45) is 0 Å². The molecule has 4 heteroatoms. The zero-order valence-electron chi connectivity index (χ0n) is 6.12. The first-order valence-corrected chi connectivity index (χ1v) is 8.80. The maximum atomic E-state index is 11.0. The molecule has 0 atom stereocenters. The van der Waals surface area contributed by atoms with Crippen molar-refractivity contribution in [1.82, 2.24) is 0 Å². The second-order valence-electron chi connectivity index (χ2n) is 2.19. The third kappa shape index (κ3) is 2.44. The molecule has 11 heavy (non-hydrogen) atoms. The van der Waals surface area contributed by atoms with Crippen molar-refractivity contribution in [3.8, 4) is 0 Å². The summed E-state index contributed by atoms with van der Waals surface area (Å²) in [7, 11) is -3.01. The SMILES string of the molecule is C=I1=CC=C(S(C)(=O)=O)C=C1. The van der Waals surface area contributed by atoms with Gasteiger partial charge in [0.15, 0.2) is 9.84 Å². The molecule has 0 saturated carbocycles. The number of hydrogen-bond donors (Lipinski definition) is 0. The van der Waals surface area contributed by atoms with Crippen LogP contribution in [0.3, 0.4) is 0 Å². The summed E-state index contributed by atoms with van der Waals surface area (Å²) in [4.78, 5) is 0.398. The van der Waals surface area contributed by atoms with Crippen LogP contribution >= 0.6 is 18.9 Å². The number of rotatable bonds is 1. The van der Waals surface area contributed by atoms with Gasteiger partial charge in [0.25, 0.3) is 0 Å². The van der Waals surface area contributed by atoms with E-state index in [-0.39, 0.29) is 0 Å². The number of sulfone groups is 1. The molecule has 0 aromatic rings. The molecule has 0 spiro atoms. The van der Waals surface area contributed by atoms with Crippen LogP contribution in [0.4, 0.5) is 0 Å². The Bertz CT molecular complexity index is 392. The van der Waals surface area contributed by atoms with Gasteiger partial charge < -0.3 is 0 Å². The Hall–Kier alpha value is -0.100. The zero-order valence-corrected chi connectivity index (χ0v) is 9.09. The van der Waals surface area contributed by atoms with Crippen LogP contribution in [0, 0.1) is 0 Å². The van der Waals surface area contributed by atoms with Gasteiger partial charge in [-0.25, -0.2) is 8.42 Å². The van der Waals surface area contributed by atoms with Crippen LogP contribution in [0.1, 0.15) is 0 Å². The minimum atomic E-state index is -3.01. The van der Waals surface area contributed by atoms with Crippen LogP contribution in [-0.4, -0.2) is 23.2 Å². The van der Waals surface area contributed by atoms with Gasteiger partial charge in [0.2, 0.25) is 0 Å². The van der Waals surface area contributed by atoms with Crippen LogP contribution in [0.5, 0.6) is 0 Å². The lowest BCUT2D eigenvalue weighted by Crippen LogP contribution is -1.99. The van der Waals surface area contributed by atoms with E-state index < -0.39 is 28.7 Å². The van der Waals surface area contributed by atoms with E-state index in [9.17, 15) is 8.42 Å². The normalized spacial score (nSPS) is 19.2. The fourth-order valence-corrected chi connectivity index (χ4v) is 3.69. The van der Waals surface area contributed by atoms with E-state index in [4.69, 9.17) is 0 Å². The maximum Gasteiger partial charge on any atom is 0.175 e. The molecule has 1 rings (SSSR count). The maximum absolute atomic E-state index is 11.0. The third-order valence-corrected chi connectivity index (χ3v) is 4.90. The highest BCUT2D eigenvalue weighted by atomic mass is 127. The van der Waals surface area contributed by atoms with E-state index in [1.807, 2.05) is 8.09 Å². The van der Waals surface area contributed by atoms with E-state index in [2.05, 4.69) is 4.51 Å². The van der Waals surface area contributed by atoms with Crippen LogP contribution in [-0.2, 0) is 9.84 Å². The summed E-state index contributed by atoms with van der Waals surface area (Å²) in [6.45, 7) is 0. The molecule has 1 aliphatic rings. The molecule has 0 radical (unpaired) electrons. The Morgan fingerprint density at radius 1 is 1.55 bits per heavy atom. The van der Waals surface area contributed by atoms with Gasteiger partial charge in [-0.2, -0.15) is 0 Å². The third-order valence-electron chi connectivity index (χ3n) is 1.21. The molecule has 1 heterocycles. The highest BCUT2D eigenvalue weighted by Crippen LogP contribution is 2.18. The van der Waals surface area contributed by atoms with Crippen LogP contribution in [0.25, 0.3) is 0 Å². The second-order valence-corrected chi connectivity index (χ2v) is 8.13. The summed E-state index contributed by atoms with van der Waals surface area (Å²) in [5, 5.41) is 0. The van der Waals surface area contributed by atoms with Crippen LogP contribution in [0.15, 0.2) is 21.1 Å². The molecular weight excluding hydrogens is 275 g/mol. The fourth-order valence-electron chi connectivity index (χ4n) is 0.631. The lowest BCUT2D eigenvalue weighted by molar-refractivity contribution is 0.608. The van der Waals surface area contributed by atoms with Crippen molar-refractivity contribution in [3.05, 3.63) is 21.1 Å². The van der Waals surface area contributed by atoms with E-state index in [0.29, 0.717) is 4.91 Å². The second kappa shape index (κ2) is 3.10. The number of hydrogen-bond acceptors (Lipinski definition) is 2. The van der Waals surface area contributed by atoms with Gasteiger partial charge in [0.05, 0.1) is 4.91 Å². The Balaban J connectivity index is 3.18. The average Bonchev–Trinajstić information content (AvgIpc) is 1.86. The summed E-state index contributed by atoms with van der Waals surface area (Å²) >= 11 is -1.25. The van der Waals surface area contributed by atoms with Gasteiger partial charge in [-0.3, -0.25) is 0 Å².